The van der Waals surface area contributed by atoms with Gasteiger partial charge in [-0.2, -0.15) is 5.10 Å². The Kier molecular flexibility index (Phi) is 7.91. The van der Waals surface area contributed by atoms with Gasteiger partial charge in [0.25, 0.3) is 0 Å². The van der Waals surface area contributed by atoms with Gasteiger partial charge in [0, 0.05) is 5.69 Å². The molecule has 33 heavy (non-hydrogen) atoms. The molecule has 8 heteroatoms. The number of hydrogen-bond acceptors (Lipinski definition) is 6. The molecule has 0 aliphatic heterocycles. The van der Waals surface area contributed by atoms with Crippen LogP contribution in [0.4, 0.5) is 5.69 Å². The first-order chi connectivity index (χ1) is 15.9. The van der Waals surface area contributed by atoms with Crippen molar-refractivity contribution in [2.45, 2.75) is 13.8 Å². The molecule has 2 amide bonds. The maximum atomic E-state index is 12.3. The van der Waals surface area contributed by atoms with Crippen molar-refractivity contribution in [3.8, 4) is 11.5 Å². The Balaban J connectivity index is 1.53. The zero-order valence-corrected chi connectivity index (χ0v) is 18.2. The summed E-state index contributed by atoms with van der Waals surface area (Å²) >= 11 is 0. The zero-order valence-electron chi connectivity index (χ0n) is 18.2. The minimum Gasteiger partial charge on any atom is -0.494 e. The van der Waals surface area contributed by atoms with E-state index in [0.29, 0.717) is 34.9 Å². The third-order valence-corrected chi connectivity index (χ3v) is 4.37. The van der Waals surface area contributed by atoms with Crippen molar-refractivity contribution in [3.05, 3.63) is 89.5 Å². The van der Waals surface area contributed by atoms with Gasteiger partial charge >= 0.3 is 17.8 Å². The smallest absolute Gasteiger partial charge is 0.343 e. The van der Waals surface area contributed by atoms with Gasteiger partial charge in [0.15, 0.2) is 0 Å². The lowest BCUT2D eigenvalue weighted by Crippen LogP contribution is -2.32. The molecule has 3 aromatic rings. The molecule has 0 aromatic heterocycles. The number of ether oxygens (including phenoxy) is 2. The first-order valence-corrected chi connectivity index (χ1v) is 10.2. The highest BCUT2D eigenvalue weighted by Crippen LogP contribution is 2.16. The minimum atomic E-state index is -0.929. The Hall–Kier alpha value is -4.46. The van der Waals surface area contributed by atoms with E-state index in [1.807, 2.05) is 26.0 Å². The van der Waals surface area contributed by atoms with E-state index in [1.165, 1.54) is 6.21 Å². The topological polar surface area (TPSA) is 106 Å². The number of carbonyl (C=O) groups is 3. The van der Waals surface area contributed by atoms with Crippen molar-refractivity contribution >= 4 is 29.7 Å². The average Bonchev–Trinajstić information content (AvgIpc) is 2.81. The maximum absolute atomic E-state index is 12.3. The van der Waals surface area contributed by atoms with Gasteiger partial charge in [-0.25, -0.2) is 10.2 Å². The average molecular weight is 445 g/mol. The van der Waals surface area contributed by atoms with Crippen LogP contribution in [0.1, 0.15) is 28.4 Å². The lowest BCUT2D eigenvalue weighted by molar-refractivity contribution is -0.136. The molecule has 0 atom stereocenters. The predicted molar refractivity (Wildman–Crippen MR) is 125 cm³/mol. The van der Waals surface area contributed by atoms with Crippen molar-refractivity contribution in [1.82, 2.24) is 5.43 Å². The highest BCUT2D eigenvalue weighted by molar-refractivity contribution is 6.39. The van der Waals surface area contributed by atoms with E-state index in [-0.39, 0.29) is 0 Å². The van der Waals surface area contributed by atoms with Crippen LogP contribution in [0.25, 0.3) is 0 Å². The lowest BCUT2D eigenvalue weighted by atomic mass is 10.1. The molecule has 0 bridgehead atoms. The molecule has 0 heterocycles. The van der Waals surface area contributed by atoms with Crippen LogP contribution in [0.15, 0.2) is 77.9 Å². The van der Waals surface area contributed by atoms with E-state index in [2.05, 4.69) is 15.8 Å². The second-order valence-corrected chi connectivity index (χ2v) is 6.94. The van der Waals surface area contributed by atoms with Gasteiger partial charge in [-0.05, 0) is 67.9 Å². The molecule has 0 unspecified atom stereocenters. The lowest BCUT2D eigenvalue weighted by Gasteiger charge is -2.06. The van der Waals surface area contributed by atoms with Crippen LogP contribution in [-0.4, -0.2) is 30.6 Å². The van der Waals surface area contributed by atoms with Crippen LogP contribution in [0.5, 0.6) is 11.5 Å². The summed E-state index contributed by atoms with van der Waals surface area (Å²) in [6.07, 6.45) is 1.34. The monoisotopic (exact) mass is 445 g/mol. The summed E-state index contributed by atoms with van der Waals surface area (Å²) in [7, 11) is 0. The number of carbonyl (C=O) groups excluding carboxylic acids is 3. The quantitative estimate of drug-likeness (QED) is 0.190. The second kappa shape index (κ2) is 11.2. The Bertz CT molecular complexity index is 1160. The minimum absolute atomic E-state index is 0.323. The van der Waals surface area contributed by atoms with E-state index >= 15 is 0 Å². The summed E-state index contributed by atoms with van der Waals surface area (Å²) < 4.78 is 10.7. The number of hydrazone groups is 1. The van der Waals surface area contributed by atoms with Gasteiger partial charge in [-0.3, -0.25) is 9.59 Å². The molecule has 3 aromatic carbocycles. The van der Waals surface area contributed by atoms with Gasteiger partial charge in [-0.1, -0.05) is 29.8 Å². The summed E-state index contributed by atoms with van der Waals surface area (Å²) in [6, 6.07) is 20.3. The fourth-order valence-corrected chi connectivity index (χ4v) is 2.72. The second-order valence-electron chi connectivity index (χ2n) is 6.94. The van der Waals surface area contributed by atoms with Gasteiger partial charge in [0.1, 0.15) is 11.5 Å². The van der Waals surface area contributed by atoms with E-state index in [4.69, 9.17) is 9.47 Å². The molecule has 0 saturated carbocycles. The first-order valence-electron chi connectivity index (χ1n) is 10.2. The summed E-state index contributed by atoms with van der Waals surface area (Å²) in [5.74, 6) is -1.29. The Morgan fingerprint density at radius 3 is 2.33 bits per heavy atom. The highest BCUT2D eigenvalue weighted by Gasteiger charge is 2.13. The Labute approximate surface area is 191 Å². The van der Waals surface area contributed by atoms with Crippen molar-refractivity contribution in [1.29, 1.82) is 0 Å². The summed E-state index contributed by atoms with van der Waals surface area (Å²) in [4.78, 5) is 36.2. The zero-order chi connectivity index (χ0) is 23.6. The molecule has 168 valence electrons. The van der Waals surface area contributed by atoms with Crippen LogP contribution < -0.4 is 20.2 Å². The number of esters is 1. The Morgan fingerprint density at radius 1 is 0.909 bits per heavy atom. The molecular formula is C25H23N3O5. The molecule has 0 aliphatic rings. The third kappa shape index (κ3) is 7.03. The molecular weight excluding hydrogens is 422 g/mol. The normalized spacial score (nSPS) is 10.5. The third-order valence-electron chi connectivity index (χ3n) is 4.37. The molecule has 8 nitrogen and oxygen atoms in total. The Morgan fingerprint density at radius 2 is 1.64 bits per heavy atom. The number of aryl methyl sites for hydroxylation is 1. The summed E-state index contributed by atoms with van der Waals surface area (Å²) in [6.45, 7) is 4.33. The molecule has 0 aliphatic carbocycles. The van der Waals surface area contributed by atoms with Crippen molar-refractivity contribution in [2.24, 2.45) is 5.10 Å². The summed E-state index contributed by atoms with van der Waals surface area (Å²) in [5.41, 5.74) is 4.65. The fourth-order valence-electron chi connectivity index (χ4n) is 2.72. The van der Waals surface area contributed by atoms with Crippen LogP contribution in [-0.2, 0) is 9.59 Å². The molecule has 0 spiro atoms. The number of anilines is 1. The van der Waals surface area contributed by atoms with E-state index in [9.17, 15) is 14.4 Å². The van der Waals surface area contributed by atoms with Crippen LogP contribution >= 0.6 is 0 Å². The highest BCUT2D eigenvalue weighted by atomic mass is 16.5. The standard InChI is InChI=1S/C25H23N3O5/c1-3-32-21-13-11-20(12-14-21)27-23(29)24(30)28-26-16-18-5-4-6-22(15-18)33-25(31)19-9-7-17(2)8-10-19/h4-16H,3H2,1-2H3,(H,27,29)(H,28,30)/b26-16+. The molecule has 0 saturated heterocycles. The number of hydrogen-bond donors (Lipinski definition) is 2. The molecule has 0 radical (unpaired) electrons. The van der Waals surface area contributed by atoms with Gasteiger partial charge in [0.2, 0.25) is 0 Å². The van der Waals surface area contributed by atoms with E-state index < -0.39 is 17.8 Å². The number of benzene rings is 3. The van der Waals surface area contributed by atoms with Gasteiger partial charge in [0.05, 0.1) is 18.4 Å². The SMILES string of the molecule is CCOc1ccc(NC(=O)C(=O)N/N=C/c2cccc(OC(=O)c3ccc(C)cc3)c2)cc1. The fraction of sp³-hybridized carbons (Fsp3) is 0.120. The number of nitrogens with zero attached hydrogens (tertiary/aromatic N) is 1. The molecule has 2 N–H and O–H groups in total. The van der Waals surface area contributed by atoms with Gasteiger partial charge < -0.3 is 14.8 Å². The number of rotatable bonds is 7. The largest absolute Gasteiger partial charge is 0.494 e. The van der Waals surface area contributed by atoms with Crippen LogP contribution in [0, 0.1) is 6.92 Å². The van der Waals surface area contributed by atoms with Crippen molar-refractivity contribution in [2.75, 3.05) is 11.9 Å². The number of amides is 2. The summed E-state index contributed by atoms with van der Waals surface area (Å²) in [5, 5.41) is 6.26. The number of nitrogens with one attached hydrogen (secondary N) is 2. The maximum Gasteiger partial charge on any atom is 0.343 e. The molecule has 0 fully saturated rings. The van der Waals surface area contributed by atoms with Crippen molar-refractivity contribution < 1.29 is 23.9 Å². The van der Waals surface area contributed by atoms with Crippen LogP contribution in [0.2, 0.25) is 0 Å². The van der Waals surface area contributed by atoms with E-state index in [1.54, 1.807) is 60.7 Å². The predicted octanol–water partition coefficient (Wildman–Crippen LogP) is 3.70. The molecule has 3 rings (SSSR count). The van der Waals surface area contributed by atoms with Gasteiger partial charge in [-0.15, -0.1) is 0 Å². The van der Waals surface area contributed by atoms with Crippen LogP contribution in [0.3, 0.4) is 0 Å². The first kappa shape index (κ1) is 23.2. The van der Waals surface area contributed by atoms with E-state index in [0.717, 1.165) is 5.56 Å². The van der Waals surface area contributed by atoms with Crippen molar-refractivity contribution in [3.63, 3.8) is 0 Å².